The molecule has 0 aliphatic rings. The average molecular weight is 447 g/mol. The fourth-order valence-corrected chi connectivity index (χ4v) is 5.08. The molecule has 0 amide bonds. The maximum absolute atomic E-state index is 13.0. The van der Waals surface area contributed by atoms with Crippen molar-refractivity contribution in [1.29, 1.82) is 0 Å². The molecule has 0 spiro atoms. The summed E-state index contributed by atoms with van der Waals surface area (Å²) in [4.78, 5) is 9.13. The fraction of sp³-hybridized carbons (Fsp3) is 0.0476. The fourth-order valence-electron chi connectivity index (χ4n) is 2.53. The summed E-state index contributed by atoms with van der Waals surface area (Å²) in [5.74, 6) is 0.446. The normalized spacial score (nSPS) is 11.5. The topological polar surface area (TPSA) is 25.2 Å². The number of rotatable bonds is 5. The lowest BCUT2D eigenvalue weighted by molar-refractivity contribution is 0.628. The van der Waals surface area contributed by atoms with E-state index in [1.807, 2.05) is 30.3 Å². The van der Waals surface area contributed by atoms with Gasteiger partial charge in [0.25, 0.3) is 0 Å². The van der Waals surface area contributed by atoms with Crippen LogP contribution in [-0.4, -0.2) is 11.2 Å². The highest BCUT2D eigenvalue weighted by atomic mass is 35.5. The van der Waals surface area contributed by atoms with Gasteiger partial charge in [0.2, 0.25) is 0 Å². The summed E-state index contributed by atoms with van der Waals surface area (Å²) in [5.41, 5.74) is 3.60. The van der Waals surface area contributed by atoms with Gasteiger partial charge in [0, 0.05) is 22.0 Å². The molecule has 0 N–H and O–H groups in total. The summed E-state index contributed by atoms with van der Waals surface area (Å²) in [6.45, 7) is 0. The number of nitrogens with zero attached hydrogens (tertiary/aromatic N) is 2. The molecule has 0 radical (unpaired) electrons. The molecule has 0 aliphatic heterocycles. The van der Waals surface area contributed by atoms with Crippen LogP contribution in [0.3, 0.4) is 0 Å². The zero-order valence-corrected chi connectivity index (χ0v) is 17.5. The molecule has 7 heteroatoms. The lowest BCUT2D eigenvalue weighted by Crippen LogP contribution is -1.82. The summed E-state index contributed by atoms with van der Waals surface area (Å²) in [5, 5.41) is 1.38. The van der Waals surface area contributed by atoms with E-state index in [2.05, 4.69) is 9.98 Å². The lowest BCUT2D eigenvalue weighted by atomic mass is 10.2. The first-order chi connectivity index (χ1) is 13.6. The molecule has 0 fully saturated rings. The Morgan fingerprint density at radius 2 is 1.86 bits per heavy atom. The number of hydrogen-bond acceptors (Lipinski definition) is 4. The predicted octanol–water partition coefficient (Wildman–Crippen LogP) is 7.79. The van der Waals surface area contributed by atoms with Crippen molar-refractivity contribution in [1.82, 2.24) is 4.98 Å². The van der Waals surface area contributed by atoms with E-state index < -0.39 is 0 Å². The minimum absolute atomic E-state index is 0.257. The van der Waals surface area contributed by atoms with Gasteiger partial charge in [-0.1, -0.05) is 47.1 Å². The molecule has 1 aromatic heterocycles. The average Bonchev–Trinajstić information content (AvgIpc) is 3.10. The Hall–Kier alpha value is -1.92. The first kappa shape index (κ1) is 19.4. The highest BCUT2D eigenvalue weighted by Crippen LogP contribution is 2.35. The van der Waals surface area contributed by atoms with Gasteiger partial charge in [-0.25, -0.2) is 9.37 Å². The number of fused-ring (bicyclic) bond motifs is 1. The third kappa shape index (κ3) is 4.73. The summed E-state index contributed by atoms with van der Waals surface area (Å²) < 4.78 is 15.0. The van der Waals surface area contributed by atoms with E-state index in [4.69, 9.17) is 23.2 Å². The van der Waals surface area contributed by atoms with Gasteiger partial charge in [0.1, 0.15) is 5.82 Å². The van der Waals surface area contributed by atoms with Crippen molar-refractivity contribution < 1.29 is 4.39 Å². The first-order valence-electron chi connectivity index (χ1n) is 8.34. The van der Waals surface area contributed by atoms with E-state index in [1.54, 1.807) is 47.5 Å². The minimum atomic E-state index is -0.257. The van der Waals surface area contributed by atoms with Crippen LogP contribution in [0.5, 0.6) is 0 Å². The van der Waals surface area contributed by atoms with Gasteiger partial charge in [0.05, 0.1) is 15.9 Å². The molecular formula is C21H13Cl2FN2S2. The molecule has 4 aromatic rings. The van der Waals surface area contributed by atoms with Crippen LogP contribution in [0, 0.1) is 5.82 Å². The third-order valence-electron chi connectivity index (χ3n) is 3.94. The van der Waals surface area contributed by atoms with Crippen LogP contribution in [0.15, 0.2) is 70.0 Å². The number of thioether (sulfide) groups is 1. The molecule has 28 heavy (non-hydrogen) atoms. The third-order valence-corrected chi connectivity index (χ3v) is 6.76. The van der Waals surface area contributed by atoms with Crippen molar-refractivity contribution in [2.45, 2.75) is 10.1 Å². The molecule has 0 unspecified atom stereocenters. The van der Waals surface area contributed by atoms with Crippen LogP contribution in [0.4, 0.5) is 10.1 Å². The summed E-state index contributed by atoms with van der Waals surface area (Å²) in [6, 6.07) is 17.6. The lowest BCUT2D eigenvalue weighted by Gasteiger charge is -2.02. The zero-order chi connectivity index (χ0) is 19.5. The van der Waals surface area contributed by atoms with Gasteiger partial charge in [0.15, 0.2) is 4.34 Å². The standard InChI is InChI=1S/C21H13Cl2FN2S2/c22-15-3-7-18(23)14(9-15)12-27-21-26-19-8-6-17(10-20(19)28-21)25-11-13-1-4-16(24)5-2-13/h1-11H,12H2. The molecule has 140 valence electrons. The van der Waals surface area contributed by atoms with E-state index in [1.165, 1.54) is 12.1 Å². The second-order valence-corrected chi connectivity index (χ2v) is 9.06. The van der Waals surface area contributed by atoms with Gasteiger partial charge in [-0.2, -0.15) is 0 Å². The van der Waals surface area contributed by atoms with Crippen molar-refractivity contribution >= 4 is 68.4 Å². The quantitative estimate of drug-likeness (QED) is 0.231. The second-order valence-electron chi connectivity index (χ2n) is 5.97. The SMILES string of the molecule is Fc1ccc(C=Nc2ccc3nc(SCc4cc(Cl)ccc4Cl)sc3c2)cc1. The van der Waals surface area contributed by atoms with E-state index in [-0.39, 0.29) is 5.82 Å². The van der Waals surface area contributed by atoms with Gasteiger partial charge >= 0.3 is 0 Å². The molecule has 2 nitrogen and oxygen atoms in total. The van der Waals surface area contributed by atoms with Crippen LogP contribution in [-0.2, 0) is 5.75 Å². The first-order valence-corrected chi connectivity index (χ1v) is 10.9. The van der Waals surface area contributed by atoms with Crippen molar-refractivity contribution in [3.05, 3.63) is 87.7 Å². The highest BCUT2D eigenvalue weighted by molar-refractivity contribution is 8.00. The largest absolute Gasteiger partial charge is 0.256 e. The monoisotopic (exact) mass is 446 g/mol. The molecule has 3 aromatic carbocycles. The van der Waals surface area contributed by atoms with E-state index in [0.717, 1.165) is 31.4 Å². The van der Waals surface area contributed by atoms with Crippen LogP contribution in [0.1, 0.15) is 11.1 Å². The van der Waals surface area contributed by atoms with Crippen molar-refractivity contribution in [2.75, 3.05) is 0 Å². The van der Waals surface area contributed by atoms with Crippen LogP contribution >= 0.6 is 46.3 Å². The molecule has 1 heterocycles. The summed E-state index contributed by atoms with van der Waals surface area (Å²) in [7, 11) is 0. The molecule has 4 rings (SSSR count). The number of benzene rings is 3. The Labute approximate surface area is 180 Å². The Kier molecular flexibility index (Phi) is 5.97. The smallest absolute Gasteiger partial charge is 0.151 e. The maximum atomic E-state index is 13.0. The Morgan fingerprint density at radius 3 is 2.68 bits per heavy atom. The van der Waals surface area contributed by atoms with E-state index in [9.17, 15) is 4.39 Å². The molecule has 0 bridgehead atoms. The van der Waals surface area contributed by atoms with Crippen molar-refractivity contribution in [3.8, 4) is 0 Å². The maximum Gasteiger partial charge on any atom is 0.151 e. The molecule has 0 saturated heterocycles. The van der Waals surface area contributed by atoms with Crippen LogP contribution in [0.2, 0.25) is 10.0 Å². The van der Waals surface area contributed by atoms with Gasteiger partial charge < -0.3 is 0 Å². The molecule has 0 saturated carbocycles. The van der Waals surface area contributed by atoms with Gasteiger partial charge in [-0.15, -0.1) is 11.3 Å². The Morgan fingerprint density at radius 1 is 1.04 bits per heavy atom. The van der Waals surface area contributed by atoms with Crippen molar-refractivity contribution in [3.63, 3.8) is 0 Å². The molecule has 0 aliphatic carbocycles. The molecule has 0 atom stereocenters. The number of hydrogen-bond donors (Lipinski definition) is 0. The molecular weight excluding hydrogens is 434 g/mol. The van der Waals surface area contributed by atoms with E-state index >= 15 is 0 Å². The zero-order valence-electron chi connectivity index (χ0n) is 14.4. The Balaban J connectivity index is 1.50. The van der Waals surface area contributed by atoms with Gasteiger partial charge in [-0.3, -0.25) is 4.99 Å². The van der Waals surface area contributed by atoms with Crippen molar-refractivity contribution in [2.24, 2.45) is 4.99 Å². The number of thiazole rings is 1. The Bertz CT molecular complexity index is 1160. The summed E-state index contributed by atoms with van der Waals surface area (Å²) in [6.07, 6.45) is 1.72. The highest BCUT2D eigenvalue weighted by Gasteiger charge is 2.08. The minimum Gasteiger partial charge on any atom is -0.256 e. The van der Waals surface area contributed by atoms with Crippen LogP contribution < -0.4 is 0 Å². The predicted molar refractivity (Wildman–Crippen MR) is 119 cm³/mol. The van der Waals surface area contributed by atoms with E-state index in [0.29, 0.717) is 15.8 Å². The summed E-state index contributed by atoms with van der Waals surface area (Å²) >= 11 is 15.5. The number of aliphatic imine (C=N–C) groups is 1. The second kappa shape index (κ2) is 8.62. The number of aromatic nitrogens is 1. The van der Waals surface area contributed by atoms with Crippen LogP contribution in [0.25, 0.3) is 10.2 Å². The van der Waals surface area contributed by atoms with Gasteiger partial charge in [-0.05, 0) is 59.7 Å². The number of halogens is 3.